The Labute approximate surface area is 98.7 Å². The zero-order chi connectivity index (χ0) is 12.6. The largest absolute Gasteiger partial charge is 0.341 e. The first-order valence-corrected chi connectivity index (χ1v) is 5.81. The molecule has 1 rings (SSSR count). The molecule has 3 heteroatoms. The van der Waals surface area contributed by atoms with Crippen molar-refractivity contribution < 1.29 is 4.79 Å². The molecule has 1 aliphatic rings. The number of nitrogens with zero attached hydrogens (tertiary/aromatic N) is 2. The number of carbonyl (C=O) groups excluding carboxylic acids is 1. The number of carbonyl (C=O) groups is 1. The van der Waals surface area contributed by atoms with E-state index >= 15 is 0 Å². The van der Waals surface area contributed by atoms with Crippen LogP contribution in [0.25, 0.3) is 0 Å². The molecule has 0 atom stereocenters. The van der Waals surface area contributed by atoms with E-state index in [0.717, 1.165) is 32.4 Å². The second-order valence-corrected chi connectivity index (χ2v) is 4.43. The highest BCUT2D eigenvalue weighted by Crippen LogP contribution is 2.20. The van der Waals surface area contributed by atoms with E-state index in [9.17, 15) is 4.79 Å². The van der Waals surface area contributed by atoms with Gasteiger partial charge in [-0.15, -0.1) is 6.58 Å². The van der Waals surface area contributed by atoms with Crippen LogP contribution in [0.4, 0.5) is 0 Å². The van der Waals surface area contributed by atoms with Crippen LogP contribution in [0.15, 0.2) is 12.7 Å². The smallest absolute Gasteiger partial charge is 0.242 e. The van der Waals surface area contributed by atoms with Gasteiger partial charge < -0.3 is 4.90 Å². The van der Waals surface area contributed by atoms with Crippen LogP contribution in [-0.4, -0.2) is 23.9 Å². The van der Waals surface area contributed by atoms with Gasteiger partial charge in [-0.05, 0) is 33.1 Å². The van der Waals surface area contributed by atoms with Gasteiger partial charge in [-0.2, -0.15) is 5.26 Å². The fourth-order valence-electron chi connectivity index (χ4n) is 1.36. The highest BCUT2D eigenvalue weighted by molar-refractivity contribution is 5.84. The molecule has 1 amide bonds. The number of likely N-dealkylation sites (tertiary alicyclic amines) is 1. The molecule has 0 saturated carbocycles. The lowest BCUT2D eigenvalue weighted by molar-refractivity contribution is -0.136. The first-order valence-electron chi connectivity index (χ1n) is 5.81. The Hall–Kier alpha value is -1.30. The molecule has 3 nitrogen and oxygen atoms in total. The second-order valence-electron chi connectivity index (χ2n) is 4.43. The monoisotopic (exact) mass is 222 g/mol. The van der Waals surface area contributed by atoms with E-state index in [-0.39, 0.29) is 5.91 Å². The Morgan fingerprint density at radius 3 is 2.25 bits per heavy atom. The average molecular weight is 222 g/mol. The number of nitriles is 1. The molecular formula is C13H22N2O. The molecule has 0 aromatic carbocycles. The minimum Gasteiger partial charge on any atom is -0.341 e. The lowest BCUT2D eigenvalue weighted by Gasteiger charge is -2.22. The molecule has 0 aromatic rings. The summed E-state index contributed by atoms with van der Waals surface area (Å²) in [6.07, 6.45) is 5.11. The number of hydrogen-bond donors (Lipinski definition) is 0. The van der Waals surface area contributed by atoms with Crippen LogP contribution in [0.1, 0.15) is 40.0 Å². The summed E-state index contributed by atoms with van der Waals surface area (Å²) < 4.78 is 0. The van der Waals surface area contributed by atoms with Gasteiger partial charge in [-0.25, -0.2) is 0 Å². The number of hydrogen-bond acceptors (Lipinski definition) is 2. The van der Waals surface area contributed by atoms with Crippen molar-refractivity contribution in [3.8, 4) is 6.07 Å². The van der Waals surface area contributed by atoms with E-state index in [1.807, 2.05) is 12.1 Å². The molecular weight excluding hydrogens is 200 g/mol. The Morgan fingerprint density at radius 2 is 1.94 bits per heavy atom. The second kappa shape index (κ2) is 7.05. The first-order chi connectivity index (χ1) is 7.49. The molecule has 0 aliphatic carbocycles. The molecule has 0 aromatic heterocycles. The van der Waals surface area contributed by atoms with Gasteiger partial charge in [0.1, 0.15) is 5.41 Å². The van der Waals surface area contributed by atoms with Gasteiger partial charge >= 0.3 is 0 Å². The SMILES string of the molecule is C=CCC.CC(C)(C#N)C(=O)N1CCCC1. The van der Waals surface area contributed by atoms with Crippen LogP contribution in [0.3, 0.4) is 0 Å². The maximum Gasteiger partial charge on any atom is 0.242 e. The van der Waals surface area contributed by atoms with Crippen molar-refractivity contribution in [2.75, 3.05) is 13.1 Å². The molecule has 1 saturated heterocycles. The van der Waals surface area contributed by atoms with Crippen LogP contribution >= 0.6 is 0 Å². The lowest BCUT2D eigenvalue weighted by atomic mass is 9.94. The fourth-order valence-corrected chi connectivity index (χ4v) is 1.36. The van der Waals surface area contributed by atoms with E-state index in [0.29, 0.717) is 0 Å². The highest BCUT2D eigenvalue weighted by Gasteiger charge is 2.32. The zero-order valence-corrected chi connectivity index (χ0v) is 10.6. The molecule has 0 radical (unpaired) electrons. The molecule has 0 N–H and O–H groups in total. The van der Waals surface area contributed by atoms with E-state index in [1.165, 1.54) is 0 Å². The molecule has 1 heterocycles. The van der Waals surface area contributed by atoms with Gasteiger partial charge in [-0.3, -0.25) is 4.79 Å². The van der Waals surface area contributed by atoms with Crippen molar-refractivity contribution in [3.05, 3.63) is 12.7 Å². The summed E-state index contributed by atoms with van der Waals surface area (Å²) in [5.74, 6) is -0.0255. The highest BCUT2D eigenvalue weighted by atomic mass is 16.2. The predicted octanol–water partition coefficient (Wildman–Crippen LogP) is 2.74. The van der Waals surface area contributed by atoms with Crippen LogP contribution in [-0.2, 0) is 4.79 Å². The number of allylic oxidation sites excluding steroid dienone is 1. The summed E-state index contributed by atoms with van der Waals surface area (Å²) in [6, 6.07) is 2.03. The maximum atomic E-state index is 11.6. The Morgan fingerprint density at radius 1 is 1.50 bits per heavy atom. The fraction of sp³-hybridized carbons (Fsp3) is 0.692. The Kier molecular flexibility index (Phi) is 6.48. The van der Waals surface area contributed by atoms with Gasteiger partial charge in [0.15, 0.2) is 0 Å². The molecule has 16 heavy (non-hydrogen) atoms. The van der Waals surface area contributed by atoms with Crippen LogP contribution in [0.2, 0.25) is 0 Å². The van der Waals surface area contributed by atoms with Crippen molar-refractivity contribution in [2.45, 2.75) is 40.0 Å². The van der Waals surface area contributed by atoms with Crippen molar-refractivity contribution >= 4 is 5.91 Å². The summed E-state index contributed by atoms with van der Waals surface area (Å²) in [5, 5.41) is 8.73. The average Bonchev–Trinajstić information content (AvgIpc) is 2.81. The molecule has 1 aliphatic heterocycles. The van der Waals surface area contributed by atoms with Gasteiger partial charge in [0, 0.05) is 13.1 Å². The van der Waals surface area contributed by atoms with Crippen LogP contribution in [0.5, 0.6) is 0 Å². The molecule has 0 bridgehead atoms. The zero-order valence-electron chi connectivity index (χ0n) is 10.6. The standard InChI is InChI=1S/C9H14N2O.C4H8/c1-9(2,7-10)8(12)11-5-3-4-6-11;1-3-4-2/h3-6H2,1-2H3;3H,1,4H2,2H3. The van der Waals surface area contributed by atoms with Gasteiger partial charge in [0.2, 0.25) is 5.91 Å². The third kappa shape index (κ3) is 4.48. The molecule has 0 spiro atoms. The topological polar surface area (TPSA) is 44.1 Å². The lowest BCUT2D eigenvalue weighted by Crippen LogP contribution is -2.38. The number of amides is 1. The summed E-state index contributed by atoms with van der Waals surface area (Å²) in [5.41, 5.74) is -0.843. The molecule has 0 unspecified atom stereocenters. The summed E-state index contributed by atoms with van der Waals surface area (Å²) in [4.78, 5) is 13.4. The minimum absolute atomic E-state index is 0.0255. The minimum atomic E-state index is -0.843. The van der Waals surface area contributed by atoms with E-state index in [1.54, 1.807) is 18.7 Å². The van der Waals surface area contributed by atoms with Crippen molar-refractivity contribution in [2.24, 2.45) is 5.41 Å². The maximum absolute atomic E-state index is 11.6. The summed E-state index contributed by atoms with van der Waals surface area (Å²) in [7, 11) is 0. The van der Waals surface area contributed by atoms with E-state index in [2.05, 4.69) is 13.5 Å². The van der Waals surface area contributed by atoms with Crippen molar-refractivity contribution in [1.82, 2.24) is 4.90 Å². The third-order valence-electron chi connectivity index (χ3n) is 2.50. The molecule has 90 valence electrons. The normalized spacial score (nSPS) is 14.8. The van der Waals surface area contributed by atoms with Crippen molar-refractivity contribution in [1.29, 1.82) is 5.26 Å². The van der Waals surface area contributed by atoms with Crippen molar-refractivity contribution in [3.63, 3.8) is 0 Å². The van der Waals surface area contributed by atoms with E-state index < -0.39 is 5.41 Å². The van der Waals surface area contributed by atoms with E-state index in [4.69, 9.17) is 5.26 Å². The summed E-state index contributed by atoms with van der Waals surface area (Å²) in [6.45, 7) is 10.5. The van der Waals surface area contributed by atoms with Gasteiger partial charge in [0.25, 0.3) is 0 Å². The Bertz CT molecular complexity index is 270. The van der Waals surface area contributed by atoms with Gasteiger partial charge in [-0.1, -0.05) is 13.0 Å². The first kappa shape index (κ1) is 14.7. The number of rotatable bonds is 2. The Balaban J connectivity index is 0.000000487. The quantitative estimate of drug-likeness (QED) is 0.674. The third-order valence-corrected chi connectivity index (χ3v) is 2.50. The van der Waals surface area contributed by atoms with Crippen LogP contribution < -0.4 is 0 Å². The molecule has 1 fully saturated rings. The predicted molar refractivity (Wildman–Crippen MR) is 65.7 cm³/mol. The van der Waals surface area contributed by atoms with Gasteiger partial charge in [0.05, 0.1) is 6.07 Å². The van der Waals surface area contributed by atoms with Crippen LogP contribution in [0, 0.1) is 16.7 Å². The summed E-state index contributed by atoms with van der Waals surface area (Å²) >= 11 is 0.